The van der Waals surface area contributed by atoms with Crippen molar-refractivity contribution in [3.8, 4) is 0 Å². The van der Waals surface area contributed by atoms with E-state index in [2.05, 4.69) is 5.32 Å². The van der Waals surface area contributed by atoms with Crippen molar-refractivity contribution in [3.05, 3.63) is 0 Å². The van der Waals surface area contributed by atoms with Crippen molar-refractivity contribution < 1.29 is 9.59 Å². The molecule has 5 heteroatoms. The Bertz CT molecular complexity index is 283. The van der Waals surface area contributed by atoms with Crippen molar-refractivity contribution in [1.29, 1.82) is 0 Å². The number of nitrogens with zero attached hydrogens (tertiary/aromatic N) is 1. The minimum absolute atomic E-state index is 0.198. The summed E-state index contributed by atoms with van der Waals surface area (Å²) in [5, 5.41) is 2.85. The van der Waals surface area contributed by atoms with E-state index in [-0.39, 0.29) is 11.6 Å². The van der Waals surface area contributed by atoms with E-state index in [1.165, 1.54) is 0 Å². The molecule has 5 nitrogen and oxygen atoms in total. The molecule has 16 heavy (non-hydrogen) atoms. The summed E-state index contributed by atoms with van der Waals surface area (Å²) in [6.07, 6.45) is 2.56. The van der Waals surface area contributed by atoms with Gasteiger partial charge < -0.3 is 16.0 Å². The van der Waals surface area contributed by atoms with Crippen LogP contribution in [0.25, 0.3) is 0 Å². The summed E-state index contributed by atoms with van der Waals surface area (Å²) in [7, 11) is 0. The third kappa shape index (κ3) is 3.40. The molecule has 1 rings (SSSR count). The average molecular weight is 227 g/mol. The van der Waals surface area contributed by atoms with Gasteiger partial charge in [0.05, 0.1) is 0 Å². The fourth-order valence-corrected chi connectivity index (χ4v) is 1.86. The van der Waals surface area contributed by atoms with Crippen LogP contribution in [0.3, 0.4) is 0 Å². The van der Waals surface area contributed by atoms with Gasteiger partial charge in [0.25, 0.3) is 0 Å². The van der Waals surface area contributed by atoms with Crippen molar-refractivity contribution in [2.75, 3.05) is 6.54 Å². The number of hydrogen-bond donors (Lipinski definition) is 2. The van der Waals surface area contributed by atoms with Gasteiger partial charge in [-0.05, 0) is 40.0 Å². The zero-order chi connectivity index (χ0) is 12.3. The SMILES string of the molecule is CC(C)(C)NC(=O)N1CCCCC1C(N)=O. The Hall–Kier alpha value is -1.26. The molecule has 1 atom stereocenters. The quantitative estimate of drug-likeness (QED) is 0.696. The van der Waals surface area contributed by atoms with E-state index in [0.29, 0.717) is 13.0 Å². The molecule has 0 bridgehead atoms. The molecule has 0 spiro atoms. The van der Waals surface area contributed by atoms with Crippen molar-refractivity contribution in [3.63, 3.8) is 0 Å². The monoisotopic (exact) mass is 227 g/mol. The Morgan fingerprint density at radius 2 is 1.94 bits per heavy atom. The number of nitrogens with two attached hydrogens (primary N) is 1. The van der Waals surface area contributed by atoms with Gasteiger partial charge in [0.1, 0.15) is 6.04 Å². The van der Waals surface area contributed by atoms with Gasteiger partial charge in [-0.2, -0.15) is 0 Å². The molecule has 0 aliphatic carbocycles. The fraction of sp³-hybridized carbons (Fsp3) is 0.818. The molecule has 92 valence electrons. The van der Waals surface area contributed by atoms with Gasteiger partial charge >= 0.3 is 6.03 Å². The summed E-state index contributed by atoms with van der Waals surface area (Å²) in [6.45, 7) is 6.34. The van der Waals surface area contributed by atoms with Crippen LogP contribution in [0.15, 0.2) is 0 Å². The first-order chi connectivity index (χ1) is 7.31. The highest BCUT2D eigenvalue weighted by Gasteiger charge is 2.31. The van der Waals surface area contributed by atoms with E-state index in [0.717, 1.165) is 12.8 Å². The highest BCUT2D eigenvalue weighted by atomic mass is 16.2. The lowest BCUT2D eigenvalue weighted by molar-refractivity contribution is -0.123. The maximum absolute atomic E-state index is 11.9. The Kier molecular flexibility index (Phi) is 3.78. The van der Waals surface area contributed by atoms with Crippen LogP contribution in [0.2, 0.25) is 0 Å². The zero-order valence-corrected chi connectivity index (χ0v) is 10.2. The molecule has 1 heterocycles. The van der Waals surface area contributed by atoms with Crippen LogP contribution in [0, 0.1) is 0 Å². The fourth-order valence-electron chi connectivity index (χ4n) is 1.86. The van der Waals surface area contributed by atoms with Gasteiger partial charge in [-0.15, -0.1) is 0 Å². The highest BCUT2D eigenvalue weighted by Crippen LogP contribution is 2.17. The number of primary amides is 1. The third-order valence-electron chi connectivity index (χ3n) is 2.57. The average Bonchev–Trinajstić information content (AvgIpc) is 2.15. The number of hydrogen-bond acceptors (Lipinski definition) is 2. The van der Waals surface area contributed by atoms with E-state index in [4.69, 9.17) is 5.73 Å². The zero-order valence-electron chi connectivity index (χ0n) is 10.2. The van der Waals surface area contributed by atoms with Crippen molar-refractivity contribution in [2.24, 2.45) is 5.73 Å². The van der Waals surface area contributed by atoms with Gasteiger partial charge in [-0.25, -0.2) is 4.79 Å². The molecular formula is C11H21N3O2. The molecular weight excluding hydrogens is 206 g/mol. The summed E-state index contributed by atoms with van der Waals surface area (Å²) in [5.74, 6) is -0.413. The number of rotatable bonds is 1. The lowest BCUT2D eigenvalue weighted by atomic mass is 10.0. The molecule has 1 aliphatic rings. The van der Waals surface area contributed by atoms with Crippen LogP contribution >= 0.6 is 0 Å². The first-order valence-electron chi connectivity index (χ1n) is 5.69. The Balaban J connectivity index is 2.68. The van der Waals surface area contributed by atoms with Crippen LogP contribution in [-0.4, -0.2) is 35.0 Å². The smallest absolute Gasteiger partial charge is 0.318 e. The largest absolute Gasteiger partial charge is 0.368 e. The van der Waals surface area contributed by atoms with Crippen molar-refractivity contribution in [1.82, 2.24) is 10.2 Å². The second-order valence-electron chi connectivity index (χ2n) is 5.29. The number of urea groups is 1. The number of nitrogens with one attached hydrogen (secondary N) is 1. The Labute approximate surface area is 96.4 Å². The third-order valence-corrected chi connectivity index (χ3v) is 2.57. The number of amides is 3. The molecule has 1 aliphatic heterocycles. The van der Waals surface area contributed by atoms with Gasteiger partial charge in [0.2, 0.25) is 5.91 Å². The molecule has 3 amide bonds. The van der Waals surface area contributed by atoms with Gasteiger partial charge in [0.15, 0.2) is 0 Å². The maximum Gasteiger partial charge on any atom is 0.318 e. The molecule has 0 aromatic heterocycles. The summed E-state index contributed by atoms with van der Waals surface area (Å²) >= 11 is 0. The number of piperidine rings is 1. The lowest BCUT2D eigenvalue weighted by Crippen LogP contribution is -2.56. The van der Waals surface area contributed by atoms with Crippen LogP contribution in [0.4, 0.5) is 4.79 Å². The summed E-state index contributed by atoms with van der Waals surface area (Å²) in [4.78, 5) is 24.7. The number of likely N-dealkylation sites (tertiary alicyclic amines) is 1. The summed E-state index contributed by atoms with van der Waals surface area (Å²) < 4.78 is 0. The van der Waals surface area contributed by atoms with Gasteiger partial charge in [-0.3, -0.25) is 4.79 Å². The van der Waals surface area contributed by atoms with E-state index < -0.39 is 11.9 Å². The first-order valence-corrected chi connectivity index (χ1v) is 5.69. The lowest BCUT2D eigenvalue weighted by Gasteiger charge is -2.35. The molecule has 0 aromatic carbocycles. The van der Waals surface area contributed by atoms with Crippen LogP contribution in [-0.2, 0) is 4.79 Å². The molecule has 1 saturated heterocycles. The Morgan fingerprint density at radius 1 is 1.31 bits per heavy atom. The van der Waals surface area contributed by atoms with Gasteiger partial charge in [-0.1, -0.05) is 0 Å². The molecule has 0 saturated carbocycles. The van der Waals surface area contributed by atoms with E-state index >= 15 is 0 Å². The van der Waals surface area contributed by atoms with Crippen LogP contribution in [0.1, 0.15) is 40.0 Å². The van der Waals surface area contributed by atoms with Crippen LogP contribution in [0.5, 0.6) is 0 Å². The summed E-state index contributed by atoms with van der Waals surface area (Å²) in [5.41, 5.74) is 5.00. The Morgan fingerprint density at radius 3 is 2.44 bits per heavy atom. The molecule has 0 aromatic rings. The van der Waals surface area contributed by atoms with E-state index in [9.17, 15) is 9.59 Å². The van der Waals surface area contributed by atoms with Crippen molar-refractivity contribution in [2.45, 2.75) is 51.6 Å². The maximum atomic E-state index is 11.9. The van der Waals surface area contributed by atoms with E-state index in [1.54, 1.807) is 4.90 Å². The second kappa shape index (κ2) is 4.72. The minimum atomic E-state index is -0.448. The van der Waals surface area contributed by atoms with Gasteiger partial charge in [0, 0.05) is 12.1 Å². The predicted molar refractivity (Wildman–Crippen MR) is 61.8 cm³/mol. The molecule has 0 radical (unpaired) electrons. The number of carbonyl (C=O) groups is 2. The topological polar surface area (TPSA) is 75.4 Å². The highest BCUT2D eigenvalue weighted by molar-refractivity contribution is 5.86. The predicted octanol–water partition coefficient (Wildman–Crippen LogP) is 0.834. The van der Waals surface area contributed by atoms with Crippen LogP contribution < -0.4 is 11.1 Å². The summed E-state index contributed by atoms with van der Waals surface area (Å²) in [6, 6.07) is -0.646. The van der Waals surface area contributed by atoms with Crippen molar-refractivity contribution >= 4 is 11.9 Å². The normalized spacial score (nSPS) is 21.7. The van der Waals surface area contributed by atoms with E-state index in [1.807, 2.05) is 20.8 Å². The molecule has 1 unspecified atom stereocenters. The standard InChI is InChI=1S/C11H21N3O2/c1-11(2,3)13-10(16)14-7-5-4-6-8(14)9(12)15/h8H,4-7H2,1-3H3,(H2,12,15)(H,13,16). The minimum Gasteiger partial charge on any atom is -0.368 e. The number of carbonyl (C=O) groups excluding carboxylic acids is 2. The molecule has 1 fully saturated rings. The second-order valence-corrected chi connectivity index (χ2v) is 5.29. The first kappa shape index (κ1) is 12.8. The molecule has 3 N–H and O–H groups in total.